The molecule has 9 heavy (non-hydrogen) atoms. The van der Waals surface area contributed by atoms with Crippen LogP contribution in [0, 0.1) is 0 Å². The summed E-state index contributed by atoms with van der Waals surface area (Å²) in [6.45, 7) is 2.16. The van der Waals surface area contributed by atoms with E-state index in [1.54, 1.807) is 6.26 Å². The highest BCUT2D eigenvalue weighted by Gasteiger charge is 1.96. The third kappa shape index (κ3) is 1.92. The molecule has 0 aromatic rings. The van der Waals surface area contributed by atoms with Crippen molar-refractivity contribution in [3.63, 3.8) is 0 Å². The molecule has 0 bridgehead atoms. The molecule has 1 aliphatic heterocycles. The topological polar surface area (TPSA) is 9.23 Å². The van der Waals surface area contributed by atoms with Crippen LogP contribution in [0.25, 0.3) is 0 Å². The third-order valence-electron chi connectivity index (χ3n) is 1.29. The number of rotatable bonds is 2. The first-order valence-electron chi connectivity index (χ1n) is 3.44. The molecule has 0 saturated heterocycles. The molecule has 0 unspecified atom stereocenters. The van der Waals surface area contributed by atoms with Crippen LogP contribution in [0.2, 0.25) is 0 Å². The van der Waals surface area contributed by atoms with Crippen LogP contribution in [0.1, 0.15) is 26.2 Å². The lowest BCUT2D eigenvalue weighted by atomic mass is 10.2. The van der Waals surface area contributed by atoms with E-state index in [0.29, 0.717) is 0 Å². The van der Waals surface area contributed by atoms with E-state index in [1.807, 2.05) is 6.08 Å². The Morgan fingerprint density at radius 3 is 3.11 bits per heavy atom. The van der Waals surface area contributed by atoms with Crippen LogP contribution in [0.3, 0.4) is 0 Å². The summed E-state index contributed by atoms with van der Waals surface area (Å²) in [6, 6.07) is 0. The summed E-state index contributed by atoms with van der Waals surface area (Å²) in [5.41, 5.74) is 0. The number of allylic oxidation sites excluding steroid dienone is 3. The molecule has 0 aliphatic carbocycles. The highest BCUT2D eigenvalue weighted by molar-refractivity contribution is 5.03. The van der Waals surface area contributed by atoms with Gasteiger partial charge in [0, 0.05) is 6.42 Å². The van der Waals surface area contributed by atoms with Gasteiger partial charge in [-0.3, -0.25) is 0 Å². The first-order chi connectivity index (χ1) is 4.43. The Hall–Kier alpha value is -0.720. The van der Waals surface area contributed by atoms with Gasteiger partial charge in [-0.1, -0.05) is 6.92 Å². The molecule has 0 radical (unpaired) electrons. The predicted molar refractivity (Wildman–Crippen MR) is 37.8 cm³/mol. The third-order valence-corrected chi connectivity index (χ3v) is 1.29. The zero-order valence-corrected chi connectivity index (χ0v) is 5.76. The highest BCUT2D eigenvalue weighted by Crippen LogP contribution is 2.12. The highest BCUT2D eigenvalue weighted by atomic mass is 16.5. The number of hydrogen-bond acceptors (Lipinski definition) is 1. The quantitative estimate of drug-likeness (QED) is 0.549. The van der Waals surface area contributed by atoms with Crippen molar-refractivity contribution in [1.82, 2.24) is 0 Å². The van der Waals surface area contributed by atoms with Gasteiger partial charge < -0.3 is 4.74 Å². The van der Waals surface area contributed by atoms with Crippen molar-refractivity contribution in [2.24, 2.45) is 0 Å². The first kappa shape index (κ1) is 6.40. The van der Waals surface area contributed by atoms with Crippen molar-refractivity contribution in [2.45, 2.75) is 26.2 Å². The first-order valence-corrected chi connectivity index (χ1v) is 3.44. The molecule has 0 aromatic carbocycles. The summed E-state index contributed by atoms with van der Waals surface area (Å²) in [7, 11) is 0. The molecule has 0 N–H and O–H groups in total. The van der Waals surface area contributed by atoms with Crippen molar-refractivity contribution in [2.75, 3.05) is 0 Å². The maximum Gasteiger partial charge on any atom is 0.0995 e. The predicted octanol–water partition coefficient (Wildman–Crippen LogP) is 2.60. The van der Waals surface area contributed by atoms with Gasteiger partial charge >= 0.3 is 0 Å². The Bertz CT molecular complexity index is 134. The van der Waals surface area contributed by atoms with Crippen molar-refractivity contribution in [3.8, 4) is 0 Å². The second-order valence-electron chi connectivity index (χ2n) is 2.15. The van der Waals surface area contributed by atoms with Crippen molar-refractivity contribution in [3.05, 3.63) is 24.2 Å². The lowest BCUT2D eigenvalue weighted by molar-refractivity contribution is 0.323. The van der Waals surface area contributed by atoms with E-state index in [2.05, 4.69) is 13.0 Å². The largest absolute Gasteiger partial charge is 0.470 e. The summed E-state index contributed by atoms with van der Waals surface area (Å²) >= 11 is 0. The lowest BCUT2D eigenvalue weighted by Crippen LogP contribution is -1.88. The Morgan fingerprint density at radius 1 is 1.67 bits per heavy atom. The van der Waals surface area contributed by atoms with Crippen LogP contribution < -0.4 is 0 Å². The second-order valence-corrected chi connectivity index (χ2v) is 2.15. The Kier molecular flexibility index (Phi) is 2.37. The van der Waals surface area contributed by atoms with Crippen molar-refractivity contribution in [1.29, 1.82) is 0 Å². The molecule has 0 amide bonds. The second kappa shape index (κ2) is 3.33. The van der Waals surface area contributed by atoms with Crippen LogP contribution >= 0.6 is 0 Å². The maximum atomic E-state index is 5.20. The van der Waals surface area contributed by atoms with Gasteiger partial charge in [0.1, 0.15) is 0 Å². The molecule has 1 heterocycles. The fourth-order valence-electron chi connectivity index (χ4n) is 0.846. The summed E-state index contributed by atoms with van der Waals surface area (Å²) in [6.07, 6.45) is 9.19. The summed E-state index contributed by atoms with van der Waals surface area (Å²) < 4.78 is 5.20. The van der Waals surface area contributed by atoms with Crippen LogP contribution in [0.15, 0.2) is 24.2 Å². The molecule has 0 aromatic heterocycles. The van der Waals surface area contributed by atoms with E-state index in [9.17, 15) is 0 Å². The van der Waals surface area contributed by atoms with E-state index in [1.165, 1.54) is 6.42 Å². The smallest absolute Gasteiger partial charge is 0.0995 e. The molecule has 0 atom stereocenters. The van der Waals surface area contributed by atoms with E-state index < -0.39 is 0 Å². The summed E-state index contributed by atoms with van der Waals surface area (Å²) in [5, 5.41) is 0. The van der Waals surface area contributed by atoms with Crippen LogP contribution in [0.4, 0.5) is 0 Å². The average molecular weight is 124 g/mol. The molecule has 0 spiro atoms. The fourth-order valence-corrected chi connectivity index (χ4v) is 0.846. The van der Waals surface area contributed by atoms with Crippen molar-refractivity contribution < 1.29 is 4.74 Å². The monoisotopic (exact) mass is 124 g/mol. The van der Waals surface area contributed by atoms with Crippen LogP contribution in [-0.4, -0.2) is 0 Å². The van der Waals surface area contributed by atoms with Gasteiger partial charge in [0.05, 0.1) is 12.0 Å². The SMILES string of the molecule is CCCC1=CCC=CO1. The van der Waals surface area contributed by atoms with E-state index in [0.717, 1.165) is 18.6 Å². The Labute approximate surface area is 56.0 Å². The Morgan fingerprint density at radius 2 is 2.56 bits per heavy atom. The van der Waals surface area contributed by atoms with Gasteiger partial charge in [-0.05, 0) is 25.0 Å². The molecular formula is C8H12O. The van der Waals surface area contributed by atoms with Gasteiger partial charge in [-0.15, -0.1) is 0 Å². The minimum Gasteiger partial charge on any atom is -0.470 e. The molecule has 1 aliphatic rings. The molecule has 1 rings (SSSR count). The van der Waals surface area contributed by atoms with Crippen molar-refractivity contribution >= 4 is 0 Å². The summed E-state index contributed by atoms with van der Waals surface area (Å²) in [5.74, 6) is 1.13. The average Bonchev–Trinajstić information content (AvgIpc) is 1.91. The molecule has 0 saturated carbocycles. The van der Waals surface area contributed by atoms with Gasteiger partial charge in [0.2, 0.25) is 0 Å². The zero-order chi connectivity index (χ0) is 6.53. The number of ether oxygens (including phenoxy) is 1. The lowest BCUT2D eigenvalue weighted by Gasteiger charge is -2.07. The molecular weight excluding hydrogens is 112 g/mol. The Balaban J connectivity index is 2.32. The standard InChI is InChI=1S/C8H12O/c1-2-5-8-6-3-4-7-9-8/h4,6-7H,2-3,5H2,1H3. The summed E-state index contributed by atoms with van der Waals surface area (Å²) in [4.78, 5) is 0. The molecule has 50 valence electrons. The van der Waals surface area contributed by atoms with Gasteiger partial charge in [0.15, 0.2) is 0 Å². The molecule has 1 nitrogen and oxygen atoms in total. The van der Waals surface area contributed by atoms with E-state index in [4.69, 9.17) is 4.74 Å². The van der Waals surface area contributed by atoms with Gasteiger partial charge in [0.25, 0.3) is 0 Å². The zero-order valence-electron chi connectivity index (χ0n) is 5.76. The van der Waals surface area contributed by atoms with Crippen LogP contribution in [0.5, 0.6) is 0 Å². The number of hydrogen-bond donors (Lipinski definition) is 0. The maximum absolute atomic E-state index is 5.20. The minimum absolute atomic E-state index is 1.04. The molecule has 1 heteroatoms. The fraction of sp³-hybridized carbons (Fsp3) is 0.500. The minimum atomic E-state index is 1.04. The van der Waals surface area contributed by atoms with E-state index in [-0.39, 0.29) is 0 Å². The van der Waals surface area contributed by atoms with Gasteiger partial charge in [-0.25, -0.2) is 0 Å². The molecule has 0 fully saturated rings. The van der Waals surface area contributed by atoms with Crippen LogP contribution in [-0.2, 0) is 4.74 Å². The van der Waals surface area contributed by atoms with E-state index >= 15 is 0 Å². The normalized spacial score (nSPS) is 16.8. The van der Waals surface area contributed by atoms with Gasteiger partial charge in [-0.2, -0.15) is 0 Å².